The van der Waals surface area contributed by atoms with Crippen LogP contribution < -0.4 is 15.2 Å². The molecule has 168 valence electrons. The van der Waals surface area contributed by atoms with E-state index in [1.54, 1.807) is 0 Å². The minimum atomic E-state index is -4.87. The van der Waals surface area contributed by atoms with Gasteiger partial charge in [0.2, 0.25) is 5.95 Å². The molecule has 2 aromatic heterocycles. The lowest BCUT2D eigenvalue weighted by atomic mass is 10.00. The highest BCUT2D eigenvalue weighted by molar-refractivity contribution is 5.71. The molecule has 1 atom stereocenters. The van der Waals surface area contributed by atoms with Crippen molar-refractivity contribution < 1.29 is 27.8 Å². The van der Waals surface area contributed by atoms with Crippen molar-refractivity contribution in [3.05, 3.63) is 46.1 Å². The zero-order valence-corrected chi connectivity index (χ0v) is 16.9. The van der Waals surface area contributed by atoms with Crippen molar-refractivity contribution in [2.75, 3.05) is 24.5 Å². The lowest BCUT2D eigenvalue weighted by Gasteiger charge is -2.42. The van der Waals surface area contributed by atoms with Crippen LogP contribution in [0.15, 0.2) is 29.5 Å². The number of aromatic nitrogens is 3. The number of pyridine rings is 1. The number of ether oxygens (including phenoxy) is 1. The summed E-state index contributed by atoms with van der Waals surface area (Å²) in [6.45, 7) is 4.66. The van der Waals surface area contributed by atoms with Gasteiger partial charge in [0.15, 0.2) is 0 Å². The number of halogens is 3. The standard InChI is InChI=1S/C19H22F3N5O4/c1-11(2)15-9-26(17-24-6-12(10-28)7-25-17)3-4-27(15)18(30)31-13-5-14(19(20,21)22)16(29)23-8-13/h5-8,11,15,28H,3-4,9-10H2,1-2H3,(H,23,29). The van der Waals surface area contributed by atoms with Crippen LogP contribution in [0.1, 0.15) is 25.0 Å². The zero-order chi connectivity index (χ0) is 22.8. The molecule has 9 nitrogen and oxygen atoms in total. The Morgan fingerprint density at radius 2 is 2.00 bits per heavy atom. The number of alkyl halides is 3. The van der Waals surface area contributed by atoms with Gasteiger partial charge < -0.3 is 24.6 Å². The van der Waals surface area contributed by atoms with Gasteiger partial charge >= 0.3 is 12.3 Å². The molecule has 1 amide bonds. The summed E-state index contributed by atoms with van der Waals surface area (Å²) < 4.78 is 44.0. The first-order valence-electron chi connectivity index (χ1n) is 9.55. The summed E-state index contributed by atoms with van der Waals surface area (Å²) in [6.07, 6.45) is -1.72. The minimum absolute atomic E-state index is 0.00776. The second kappa shape index (κ2) is 8.92. The highest BCUT2D eigenvalue weighted by Gasteiger charge is 2.36. The number of aliphatic hydroxyl groups excluding tert-OH is 1. The molecule has 1 aliphatic heterocycles. The summed E-state index contributed by atoms with van der Waals surface area (Å²) in [5.74, 6) is 0.0597. The largest absolute Gasteiger partial charge is 0.421 e. The normalized spacial score (nSPS) is 17.2. The maximum Gasteiger partial charge on any atom is 0.421 e. The van der Waals surface area contributed by atoms with E-state index in [1.165, 1.54) is 17.3 Å². The van der Waals surface area contributed by atoms with Crippen LogP contribution in [0.25, 0.3) is 0 Å². The Labute approximate surface area is 175 Å². The number of carbonyl (C=O) groups is 1. The predicted octanol–water partition coefficient (Wildman–Crippen LogP) is 2.02. The number of nitrogens with one attached hydrogen (secondary N) is 1. The van der Waals surface area contributed by atoms with Crippen molar-refractivity contribution in [1.29, 1.82) is 0 Å². The van der Waals surface area contributed by atoms with Crippen LogP contribution >= 0.6 is 0 Å². The minimum Gasteiger partial charge on any atom is -0.409 e. The molecule has 1 aliphatic rings. The van der Waals surface area contributed by atoms with Gasteiger partial charge in [-0.25, -0.2) is 14.8 Å². The quantitative estimate of drug-likeness (QED) is 0.747. The van der Waals surface area contributed by atoms with Crippen LogP contribution in [-0.2, 0) is 12.8 Å². The molecule has 0 aromatic carbocycles. The number of hydrogen-bond donors (Lipinski definition) is 2. The molecule has 31 heavy (non-hydrogen) atoms. The van der Waals surface area contributed by atoms with Crippen molar-refractivity contribution >= 4 is 12.0 Å². The molecule has 0 aliphatic carbocycles. The number of H-pyrrole nitrogens is 1. The summed E-state index contributed by atoms with van der Waals surface area (Å²) in [7, 11) is 0. The topological polar surface area (TPSA) is 112 Å². The maximum atomic E-state index is 12.9. The van der Waals surface area contributed by atoms with Gasteiger partial charge in [-0.1, -0.05) is 13.8 Å². The van der Waals surface area contributed by atoms with Crippen LogP contribution in [0.4, 0.5) is 23.9 Å². The highest BCUT2D eigenvalue weighted by atomic mass is 19.4. The van der Waals surface area contributed by atoms with Crippen molar-refractivity contribution in [3.8, 4) is 5.75 Å². The average molecular weight is 441 g/mol. The number of aromatic amines is 1. The molecule has 3 heterocycles. The third-order valence-electron chi connectivity index (χ3n) is 4.97. The molecule has 0 spiro atoms. The summed E-state index contributed by atoms with van der Waals surface area (Å²) in [4.78, 5) is 37.8. The number of amides is 1. The van der Waals surface area contributed by atoms with Crippen LogP contribution in [0, 0.1) is 5.92 Å². The van der Waals surface area contributed by atoms with E-state index >= 15 is 0 Å². The third kappa shape index (κ3) is 5.13. The first-order chi connectivity index (χ1) is 14.6. The molecule has 0 bridgehead atoms. The van der Waals surface area contributed by atoms with E-state index in [0.29, 0.717) is 30.7 Å². The monoisotopic (exact) mass is 441 g/mol. The third-order valence-corrected chi connectivity index (χ3v) is 4.97. The van der Waals surface area contributed by atoms with E-state index in [0.717, 1.165) is 6.20 Å². The van der Waals surface area contributed by atoms with E-state index in [-0.39, 0.29) is 25.1 Å². The highest BCUT2D eigenvalue weighted by Crippen LogP contribution is 2.29. The number of hydrogen-bond acceptors (Lipinski definition) is 7. The number of carbonyl (C=O) groups excluding carboxylic acids is 1. The van der Waals surface area contributed by atoms with Crippen molar-refractivity contribution in [2.45, 2.75) is 32.7 Å². The molecule has 1 saturated heterocycles. The molecule has 1 unspecified atom stereocenters. The number of anilines is 1. The van der Waals surface area contributed by atoms with Crippen LogP contribution in [0.3, 0.4) is 0 Å². The maximum absolute atomic E-state index is 12.9. The second-order valence-corrected chi connectivity index (χ2v) is 7.44. The number of aliphatic hydroxyl groups is 1. The summed E-state index contributed by atoms with van der Waals surface area (Å²) in [6, 6.07) is 0.195. The van der Waals surface area contributed by atoms with Gasteiger partial charge in [-0.15, -0.1) is 0 Å². The number of piperazine rings is 1. The van der Waals surface area contributed by atoms with Gasteiger partial charge in [0.05, 0.1) is 12.6 Å². The predicted molar refractivity (Wildman–Crippen MR) is 104 cm³/mol. The Morgan fingerprint density at radius 1 is 1.32 bits per heavy atom. The molecule has 2 aromatic rings. The Kier molecular flexibility index (Phi) is 6.48. The summed E-state index contributed by atoms with van der Waals surface area (Å²) in [5, 5.41) is 9.11. The molecular weight excluding hydrogens is 419 g/mol. The summed E-state index contributed by atoms with van der Waals surface area (Å²) >= 11 is 0. The van der Waals surface area contributed by atoms with Gasteiger partial charge in [-0.3, -0.25) is 4.79 Å². The molecule has 0 radical (unpaired) electrons. The molecule has 3 rings (SSSR count). The molecule has 2 N–H and O–H groups in total. The van der Waals surface area contributed by atoms with Crippen molar-refractivity contribution in [3.63, 3.8) is 0 Å². The van der Waals surface area contributed by atoms with Crippen molar-refractivity contribution in [2.24, 2.45) is 5.92 Å². The van der Waals surface area contributed by atoms with E-state index in [9.17, 15) is 22.8 Å². The van der Waals surface area contributed by atoms with Gasteiger partial charge in [0.25, 0.3) is 5.56 Å². The molecular formula is C19H22F3N5O4. The van der Waals surface area contributed by atoms with Gasteiger partial charge in [0, 0.05) is 49.9 Å². The Morgan fingerprint density at radius 3 is 2.58 bits per heavy atom. The first kappa shape index (κ1) is 22.5. The summed E-state index contributed by atoms with van der Waals surface area (Å²) in [5.41, 5.74) is -2.18. The van der Waals surface area contributed by atoms with Gasteiger partial charge in [0.1, 0.15) is 11.3 Å². The van der Waals surface area contributed by atoms with Gasteiger partial charge in [-0.05, 0) is 5.92 Å². The Bertz CT molecular complexity index is 978. The van der Waals surface area contributed by atoms with E-state index < -0.39 is 29.1 Å². The fourth-order valence-corrected chi connectivity index (χ4v) is 3.27. The van der Waals surface area contributed by atoms with Crippen LogP contribution in [-0.4, -0.2) is 56.7 Å². The smallest absolute Gasteiger partial charge is 0.409 e. The molecule has 0 saturated carbocycles. The van der Waals surface area contributed by atoms with E-state index in [2.05, 4.69) is 9.97 Å². The SMILES string of the molecule is CC(C)C1CN(c2ncc(CO)cn2)CCN1C(=O)Oc1c[nH]c(=O)c(C(F)(F)F)c1. The van der Waals surface area contributed by atoms with Crippen LogP contribution in [0.2, 0.25) is 0 Å². The van der Waals surface area contributed by atoms with Crippen LogP contribution in [0.5, 0.6) is 5.75 Å². The molecule has 1 fully saturated rings. The van der Waals surface area contributed by atoms with Crippen molar-refractivity contribution in [1.82, 2.24) is 19.9 Å². The van der Waals surface area contributed by atoms with E-state index in [1.807, 2.05) is 23.7 Å². The second-order valence-electron chi connectivity index (χ2n) is 7.44. The number of nitrogens with zero attached hydrogens (tertiary/aromatic N) is 4. The average Bonchev–Trinajstić information content (AvgIpc) is 2.73. The van der Waals surface area contributed by atoms with Gasteiger partial charge in [-0.2, -0.15) is 13.2 Å². The fraction of sp³-hybridized carbons (Fsp3) is 0.474. The zero-order valence-electron chi connectivity index (χ0n) is 16.9. The Hall–Kier alpha value is -3.15. The lowest BCUT2D eigenvalue weighted by Crippen LogP contribution is -2.58. The number of rotatable bonds is 4. The fourth-order valence-electron chi connectivity index (χ4n) is 3.27. The lowest BCUT2D eigenvalue weighted by molar-refractivity contribution is -0.138. The Balaban J connectivity index is 1.75. The van der Waals surface area contributed by atoms with E-state index in [4.69, 9.17) is 9.84 Å². The first-order valence-corrected chi connectivity index (χ1v) is 9.55. The molecule has 12 heteroatoms.